The van der Waals surface area contributed by atoms with E-state index in [2.05, 4.69) is 62.7 Å². The number of rotatable bonds is 8. The summed E-state index contributed by atoms with van der Waals surface area (Å²) < 4.78 is 21.6. The van der Waals surface area contributed by atoms with Gasteiger partial charge in [0.05, 0.1) is 5.41 Å². The van der Waals surface area contributed by atoms with Gasteiger partial charge in [0.15, 0.2) is 0 Å². The molecule has 0 N–H and O–H groups in total. The molecule has 2 aliphatic rings. The number of carbonyl (C=O) groups is 3. The van der Waals surface area contributed by atoms with Crippen LogP contribution in [-0.4, -0.2) is 58.9 Å². The van der Waals surface area contributed by atoms with E-state index in [1.54, 1.807) is 39.8 Å². The van der Waals surface area contributed by atoms with Crippen LogP contribution in [0.3, 0.4) is 0 Å². The molecule has 1 spiro atoms. The Morgan fingerprint density at radius 3 is 2.04 bits per heavy atom. The lowest BCUT2D eigenvalue weighted by Crippen LogP contribution is -2.58. The van der Waals surface area contributed by atoms with Gasteiger partial charge in [0.2, 0.25) is 0 Å². The van der Waals surface area contributed by atoms with E-state index in [9.17, 15) is 14.4 Å². The zero-order valence-corrected chi connectivity index (χ0v) is 30.4. The van der Waals surface area contributed by atoms with E-state index in [1.807, 2.05) is 43.6 Å². The fourth-order valence-corrected chi connectivity index (χ4v) is 5.83. The number of fused-ring (bicyclic) bond motifs is 4. The van der Waals surface area contributed by atoms with Crippen molar-refractivity contribution < 1.29 is 33.3 Å². The number of ether oxygens (including phenoxy) is 4. The molecule has 46 heavy (non-hydrogen) atoms. The maximum atomic E-state index is 13.7. The molecule has 3 aromatic rings. The normalized spacial score (nSPS) is 18.5. The van der Waals surface area contributed by atoms with E-state index in [1.165, 1.54) is 6.92 Å². The summed E-state index contributed by atoms with van der Waals surface area (Å²) >= 11 is 6.55. The summed E-state index contributed by atoms with van der Waals surface area (Å²) in [4.78, 5) is 45.8. The summed E-state index contributed by atoms with van der Waals surface area (Å²) in [5.74, 6) is -1.95. The highest BCUT2D eigenvalue weighted by molar-refractivity contribution is 9.10. The zero-order valence-electron chi connectivity index (χ0n) is 27.2. The van der Waals surface area contributed by atoms with Crippen LogP contribution in [0, 0.1) is 5.41 Å². The molecule has 2 heterocycles. The van der Waals surface area contributed by atoms with Crippen LogP contribution < -0.4 is 14.4 Å². The zero-order chi connectivity index (χ0) is 33.9. The van der Waals surface area contributed by atoms with Crippen molar-refractivity contribution in [2.75, 3.05) is 25.2 Å². The fourth-order valence-electron chi connectivity index (χ4n) is 5.60. The summed E-state index contributed by atoms with van der Waals surface area (Å²) in [6.07, 6.45) is 1.82. The Labute approximate surface area is 285 Å². The first kappa shape index (κ1) is 33.9. The number of esters is 3. The monoisotopic (exact) mass is 756 g/mol. The molecule has 3 aromatic carbocycles. The standard InChI is InChI=1S/C35H38Br2N2O7/c1-31(2)25-11-9-10-12-26(25)39(8)35(31)38-18-24-23-17-22(15-13-21(23)14-16-27(24)46-35)45-30(42)34(7,19-43-28(40)32(3,4)36)20-44-29(41)33(5,6)37/h9-18H,19-20H2,1-8H3. The average molecular weight is 759 g/mol. The molecule has 0 bridgehead atoms. The van der Waals surface area contributed by atoms with Gasteiger partial charge >= 0.3 is 17.9 Å². The van der Waals surface area contributed by atoms with Crippen LogP contribution in [0.4, 0.5) is 5.69 Å². The highest BCUT2D eigenvalue weighted by atomic mass is 79.9. The van der Waals surface area contributed by atoms with Crippen LogP contribution in [-0.2, 0) is 29.3 Å². The molecule has 1 unspecified atom stereocenters. The number of aliphatic imine (C=N–C) groups is 1. The van der Waals surface area contributed by atoms with Crippen molar-refractivity contribution in [3.8, 4) is 11.5 Å². The Bertz CT molecular complexity index is 1730. The van der Waals surface area contributed by atoms with Gasteiger partial charge in [-0.2, -0.15) is 0 Å². The third-order valence-electron chi connectivity index (χ3n) is 8.54. The van der Waals surface area contributed by atoms with Gasteiger partial charge in [0.25, 0.3) is 5.85 Å². The van der Waals surface area contributed by atoms with E-state index >= 15 is 0 Å². The van der Waals surface area contributed by atoms with Gasteiger partial charge in [-0.15, -0.1) is 0 Å². The van der Waals surface area contributed by atoms with Crippen molar-refractivity contribution in [1.82, 2.24) is 0 Å². The van der Waals surface area contributed by atoms with E-state index < -0.39 is 43.2 Å². The summed E-state index contributed by atoms with van der Waals surface area (Å²) in [5.41, 5.74) is 1.00. The number of nitrogens with zero attached hydrogens (tertiary/aromatic N) is 2. The maximum Gasteiger partial charge on any atom is 0.324 e. The molecule has 0 fully saturated rings. The molecule has 0 aromatic heterocycles. The minimum atomic E-state index is -1.50. The topological polar surface area (TPSA) is 104 Å². The number of alkyl halides is 2. The lowest BCUT2D eigenvalue weighted by atomic mass is 9.81. The molecule has 0 saturated carbocycles. The van der Waals surface area contributed by atoms with Gasteiger partial charge in [-0.25, -0.2) is 4.99 Å². The molecule has 1 atom stereocenters. The molecular weight excluding hydrogens is 720 g/mol. The molecule has 9 nitrogen and oxygen atoms in total. The smallest absolute Gasteiger partial charge is 0.324 e. The molecule has 0 radical (unpaired) electrons. The van der Waals surface area contributed by atoms with Crippen LogP contribution >= 0.6 is 31.9 Å². The van der Waals surface area contributed by atoms with Crippen molar-refractivity contribution in [3.05, 3.63) is 65.7 Å². The third-order valence-corrected chi connectivity index (χ3v) is 9.19. The quantitative estimate of drug-likeness (QED) is 0.137. The maximum absolute atomic E-state index is 13.7. The highest BCUT2D eigenvalue weighted by Crippen LogP contribution is 2.54. The molecule has 0 amide bonds. The SMILES string of the molecule is CN1c2ccccc2C(C)(C)C12N=Cc1c(ccc3ccc(OC(=O)C(C)(COC(=O)C(C)(C)Br)COC(=O)C(C)(C)Br)cc13)O2. The number of carbonyl (C=O) groups excluding carboxylic acids is 3. The fraction of sp³-hybridized carbons (Fsp3) is 0.429. The molecule has 2 aliphatic heterocycles. The van der Waals surface area contributed by atoms with Crippen molar-refractivity contribution in [2.45, 2.75) is 68.4 Å². The Kier molecular flexibility index (Phi) is 8.60. The second-order valence-electron chi connectivity index (χ2n) is 13.6. The van der Waals surface area contributed by atoms with Gasteiger partial charge in [0, 0.05) is 24.5 Å². The van der Waals surface area contributed by atoms with Gasteiger partial charge in [-0.1, -0.05) is 62.2 Å². The lowest BCUT2D eigenvalue weighted by molar-refractivity contribution is -0.165. The van der Waals surface area contributed by atoms with E-state index in [0.29, 0.717) is 5.75 Å². The average Bonchev–Trinajstić information content (AvgIpc) is 3.15. The van der Waals surface area contributed by atoms with Crippen molar-refractivity contribution in [2.24, 2.45) is 10.4 Å². The Morgan fingerprint density at radius 1 is 0.870 bits per heavy atom. The van der Waals surface area contributed by atoms with E-state index in [4.69, 9.17) is 23.9 Å². The van der Waals surface area contributed by atoms with Gasteiger partial charge < -0.3 is 23.8 Å². The number of hydrogen-bond donors (Lipinski definition) is 0. The van der Waals surface area contributed by atoms with Crippen LogP contribution in [0.25, 0.3) is 10.8 Å². The van der Waals surface area contributed by atoms with Crippen LogP contribution in [0.2, 0.25) is 0 Å². The Hall–Kier alpha value is -3.44. The van der Waals surface area contributed by atoms with Crippen LogP contribution in [0.15, 0.2) is 59.6 Å². The molecular formula is C35H38Br2N2O7. The van der Waals surface area contributed by atoms with Crippen molar-refractivity contribution in [1.29, 1.82) is 0 Å². The van der Waals surface area contributed by atoms with Crippen molar-refractivity contribution in [3.63, 3.8) is 0 Å². The molecule has 5 rings (SSSR count). The predicted molar refractivity (Wildman–Crippen MR) is 184 cm³/mol. The summed E-state index contributed by atoms with van der Waals surface area (Å²) in [6, 6.07) is 17.4. The molecule has 11 heteroatoms. The summed E-state index contributed by atoms with van der Waals surface area (Å²) in [5, 5.41) is 1.68. The molecule has 0 saturated heterocycles. The number of hydrogen-bond acceptors (Lipinski definition) is 9. The number of para-hydroxylation sites is 1. The second-order valence-corrected chi connectivity index (χ2v) is 17.5. The largest absolute Gasteiger partial charge is 0.463 e. The van der Waals surface area contributed by atoms with Gasteiger partial charge in [0.1, 0.15) is 38.8 Å². The first-order chi connectivity index (χ1) is 21.3. The number of anilines is 1. The number of likely N-dealkylation sites (N-methyl/N-ethyl adjacent to an activating group) is 1. The summed E-state index contributed by atoms with van der Waals surface area (Å²) in [7, 11) is 1.98. The molecule has 0 aliphatic carbocycles. The Balaban J connectivity index is 1.44. The first-order valence-corrected chi connectivity index (χ1v) is 16.5. The minimum Gasteiger partial charge on any atom is -0.463 e. The molecule has 244 valence electrons. The van der Waals surface area contributed by atoms with E-state index in [0.717, 1.165) is 27.6 Å². The van der Waals surface area contributed by atoms with Gasteiger partial charge in [-0.3, -0.25) is 14.4 Å². The second kappa shape index (κ2) is 11.7. The predicted octanol–water partition coefficient (Wildman–Crippen LogP) is 7.08. The van der Waals surface area contributed by atoms with Crippen LogP contribution in [0.5, 0.6) is 11.5 Å². The van der Waals surface area contributed by atoms with E-state index in [-0.39, 0.29) is 19.0 Å². The number of benzene rings is 3. The first-order valence-electron chi connectivity index (χ1n) is 14.9. The third kappa shape index (κ3) is 5.92. The van der Waals surface area contributed by atoms with Crippen molar-refractivity contribution >= 4 is 72.4 Å². The lowest BCUT2D eigenvalue weighted by Gasteiger charge is -2.44. The minimum absolute atomic E-state index is 0.260. The van der Waals surface area contributed by atoms with Crippen LogP contribution in [0.1, 0.15) is 59.6 Å². The van der Waals surface area contributed by atoms with Gasteiger partial charge in [-0.05, 0) is 89.1 Å². The number of halogens is 2. The Morgan fingerprint density at radius 2 is 1.46 bits per heavy atom. The summed E-state index contributed by atoms with van der Waals surface area (Å²) in [6.45, 7) is 11.6. The highest BCUT2D eigenvalue weighted by Gasteiger charge is 2.59.